The van der Waals surface area contributed by atoms with E-state index in [2.05, 4.69) is 11.6 Å². The van der Waals surface area contributed by atoms with E-state index < -0.39 is 10.2 Å². The van der Waals surface area contributed by atoms with Gasteiger partial charge in [-0.25, -0.2) is 0 Å². The Morgan fingerprint density at radius 2 is 1.80 bits per heavy atom. The van der Waals surface area contributed by atoms with Crippen LogP contribution in [0.2, 0.25) is 0 Å². The number of nitrogens with one attached hydrogen (secondary N) is 1. The minimum Gasteiger partial charge on any atom is -0.378 e. The summed E-state index contributed by atoms with van der Waals surface area (Å²) in [7, 11) is -2.00. The van der Waals surface area contributed by atoms with Gasteiger partial charge in [-0.15, -0.1) is 23.2 Å². The fraction of sp³-hybridized carbons (Fsp3) is 1.00. The van der Waals surface area contributed by atoms with Gasteiger partial charge < -0.3 is 15.2 Å². The van der Waals surface area contributed by atoms with Crippen molar-refractivity contribution in [1.82, 2.24) is 9.03 Å². The van der Waals surface area contributed by atoms with Crippen molar-refractivity contribution in [3.05, 3.63) is 0 Å². The van der Waals surface area contributed by atoms with Crippen molar-refractivity contribution in [2.24, 2.45) is 17.6 Å². The number of nitrogens with zero attached hydrogens (tertiary/aromatic N) is 1. The van der Waals surface area contributed by atoms with E-state index in [0.29, 0.717) is 39.3 Å². The molecule has 0 aromatic heterocycles. The molecule has 0 aromatic rings. The van der Waals surface area contributed by atoms with E-state index in [0.717, 1.165) is 6.42 Å². The van der Waals surface area contributed by atoms with Gasteiger partial charge in [0.2, 0.25) is 0 Å². The Balaban J connectivity index is 2.30. The second-order valence-electron chi connectivity index (χ2n) is 6.42. The highest BCUT2D eigenvalue weighted by Gasteiger charge is 2.36. The third-order valence-electron chi connectivity index (χ3n) is 4.35. The third kappa shape index (κ3) is 8.71. The average Bonchev–Trinajstić information content (AvgIpc) is 2.53. The van der Waals surface area contributed by atoms with Crippen LogP contribution in [0.1, 0.15) is 19.8 Å². The summed E-state index contributed by atoms with van der Waals surface area (Å²) in [5.41, 5.74) is 5.30. The Bertz CT molecular complexity index is 458. The van der Waals surface area contributed by atoms with Gasteiger partial charge in [0.1, 0.15) is 0 Å². The van der Waals surface area contributed by atoms with Crippen LogP contribution in [0.4, 0.5) is 0 Å². The van der Waals surface area contributed by atoms with Crippen molar-refractivity contribution in [3.8, 4) is 0 Å². The Labute approximate surface area is 161 Å². The number of alkyl halides is 2. The molecule has 0 radical (unpaired) electrons. The van der Waals surface area contributed by atoms with Gasteiger partial charge >= 0.3 is 0 Å². The number of hydrogen-bond donors (Lipinski definition) is 2. The van der Waals surface area contributed by atoms with E-state index in [-0.39, 0.29) is 35.7 Å². The van der Waals surface area contributed by atoms with Crippen LogP contribution >= 0.6 is 23.2 Å². The lowest BCUT2D eigenvalue weighted by molar-refractivity contribution is 0.0529. The number of nitrogens with two attached hydrogens (primary N) is 1. The average molecular weight is 420 g/mol. The maximum atomic E-state index is 12.3. The van der Waals surface area contributed by atoms with E-state index in [9.17, 15) is 8.42 Å². The zero-order valence-electron chi connectivity index (χ0n) is 15.0. The third-order valence-corrected chi connectivity index (χ3v) is 6.74. The first-order valence-corrected chi connectivity index (χ1v) is 10.9. The van der Waals surface area contributed by atoms with Crippen LogP contribution in [-0.2, 0) is 19.7 Å². The molecule has 7 nitrogen and oxygen atoms in total. The smallest absolute Gasteiger partial charge is 0.279 e. The quantitative estimate of drug-likeness (QED) is 0.363. The number of hydrogen-bond acceptors (Lipinski definition) is 5. The second-order valence-corrected chi connectivity index (χ2v) is 9.46. The van der Waals surface area contributed by atoms with E-state index in [4.69, 9.17) is 38.4 Å². The Morgan fingerprint density at radius 3 is 2.40 bits per heavy atom. The van der Waals surface area contributed by atoms with Crippen LogP contribution in [-0.4, -0.2) is 76.6 Å². The van der Waals surface area contributed by atoms with E-state index in [1.807, 2.05) is 0 Å². The molecule has 10 heteroatoms. The summed E-state index contributed by atoms with van der Waals surface area (Å²) in [4.78, 5) is 0. The van der Waals surface area contributed by atoms with Gasteiger partial charge in [0.15, 0.2) is 0 Å². The molecule has 0 bridgehead atoms. The van der Waals surface area contributed by atoms with Crippen molar-refractivity contribution >= 4 is 33.4 Å². The molecular weight excluding hydrogens is 389 g/mol. The van der Waals surface area contributed by atoms with Gasteiger partial charge in [-0.2, -0.15) is 17.4 Å². The van der Waals surface area contributed by atoms with E-state index >= 15 is 0 Å². The van der Waals surface area contributed by atoms with E-state index in [1.165, 1.54) is 4.31 Å². The molecule has 1 fully saturated rings. The normalized spacial score (nSPS) is 27.8. The molecule has 0 saturated heterocycles. The van der Waals surface area contributed by atoms with Crippen molar-refractivity contribution < 1.29 is 17.9 Å². The molecule has 1 saturated carbocycles. The summed E-state index contributed by atoms with van der Waals surface area (Å²) in [5.74, 6) is 0.377. The molecule has 0 heterocycles. The number of ether oxygens (including phenoxy) is 2. The SMILES string of the molecule is CC1CC(Cl)CC(Cl)C1CN(C)S(=O)(=O)NCCOCCOCCN. The minimum atomic E-state index is -3.56. The molecule has 1 rings (SSSR count). The highest BCUT2D eigenvalue weighted by molar-refractivity contribution is 7.87. The van der Waals surface area contributed by atoms with Crippen LogP contribution in [0, 0.1) is 11.8 Å². The standard InChI is InChI=1S/C15H31Cl2N3O4S/c1-12-9-13(16)10-15(17)14(12)11-20(2)25(21,22)19-4-6-24-8-7-23-5-3-18/h12-15,19H,3-11,18H2,1-2H3. The van der Waals surface area contributed by atoms with Crippen molar-refractivity contribution in [3.63, 3.8) is 0 Å². The molecule has 4 unspecified atom stereocenters. The molecule has 25 heavy (non-hydrogen) atoms. The lowest BCUT2D eigenvalue weighted by Gasteiger charge is -2.37. The van der Waals surface area contributed by atoms with Crippen LogP contribution in [0.3, 0.4) is 0 Å². The van der Waals surface area contributed by atoms with Gasteiger partial charge in [-0.3, -0.25) is 0 Å². The zero-order chi connectivity index (χ0) is 18.9. The Morgan fingerprint density at radius 1 is 1.16 bits per heavy atom. The van der Waals surface area contributed by atoms with Gasteiger partial charge in [0, 0.05) is 37.4 Å². The number of rotatable bonds is 12. The minimum absolute atomic E-state index is 0.0692. The highest BCUT2D eigenvalue weighted by Crippen LogP contribution is 2.36. The maximum absolute atomic E-state index is 12.3. The summed E-state index contributed by atoms with van der Waals surface area (Å²) in [6.45, 7) is 4.76. The van der Waals surface area contributed by atoms with Crippen LogP contribution in [0.15, 0.2) is 0 Å². The summed E-state index contributed by atoms with van der Waals surface area (Å²) < 4.78 is 38.9. The molecule has 0 aromatic carbocycles. The fourth-order valence-electron chi connectivity index (χ4n) is 2.90. The molecule has 0 aliphatic heterocycles. The largest absolute Gasteiger partial charge is 0.378 e. The molecular formula is C15H31Cl2N3O4S. The molecule has 0 spiro atoms. The topological polar surface area (TPSA) is 93.9 Å². The second kappa shape index (κ2) is 11.9. The first-order chi connectivity index (χ1) is 11.8. The van der Waals surface area contributed by atoms with Crippen LogP contribution in [0.25, 0.3) is 0 Å². The predicted octanol–water partition coefficient (Wildman–Crippen LogP) is 1.01. The lowest BCUT2D eigenvalue weighted by Crippen LogP contribution is -2.46. The highest BCUT2D eigenvalue weighted by atomic mass is 35.5. The van der Waals surface area contributed by atoms with Gasteiger partial charge in [-0.05, 0) is 24.7 Å². The van der Waals surface area contributed by atoms with Gasteiger partial charge in [0.25, 0.3) is 10.2 Å². The molecule has 150 valence electrons. The van der Waals surface area contributed by atoms with Crippen molar-refractivity contribution in [1.29, 1.82) is 0 Å². The summed E-state index contributed by atoms with van der Waals surface area (Å²) in [6.07, 6.45) is 1.57. The summed E-state index contributed by atoms with van der Waals surface area (Å²) >= 11 is 12.6. The van der Waals surface area contributed by atoms with Crippen molar-refractivity contribution in [2.75, 3.05) is 53.1 Å². The van der Waals surface area contributed by atoms with Crippen LogP contribution in [0.5, 0.6) is 0 Å². The summed E-state index contributed by atoms with van der Waals surface area (Å²) in [5, 5.41) is -0.0412. The number of halogens is 2. The Hall–Kier alpha value is 0.330. The first-order valence-electron chi connectivity index (χ1n) is 8.62. The van der Waals surface area contributed by atoms with Crippen LogP contribution < -0.4 is 10.5 Å². The zero-order valence-corrected chi connectivity index (χ0v) is 17.3. The molecule has 4 atom stereocenters. The molecule has 3 N–H and O–H groups in total. The Kier molecular flexibility index (Phi) is 11.1. The summed E-state index contributed by atoms with van der Waals surface area (Å²) in [6, 6.07) is 0. The molecule has 1 aliphatic rings. The fourth-order valence-corrected chi connectivity index (χ4v) is 4.94. The monoisotopic (exact) mass is 419 g/mol. The molecule has 1 aliphatic carbocycles. The first kappa shape index (κ1) is 23.4. The van der Waals surface area contributed by atoms with Crippen molar-refractivity contribution in [2.45, 2.75) is 30.5 Å². The predicted molar refractivity (Wildman–Crippen MR) is 101 cm³/mol. The van der Waals surface area contributed by atoms with E-state index in [1.54, 1.807) is 7.05 Å². The van der Waals surface area contributed by atoms with Gasteiger partial charge in [0.05, 0.1) is 26.4 Å². The maximum Gasteiger partial charge on any atom is 0.279 e. The lowest BCUT2D eigenvalue weighted by atomic mass is 9.80. The molecule has 0 amide bonds. The van der Waals surface area contributed by atoms with Gasteiger partial charge in [-0.1, -0.05) is 6.92 Å².